The van der Waals surface area contributed by atoms with E-state index in [0.717, 1.165) is 13.1 Å². The van der Waals surface area contributed by atoms with Gasteiger partial charge in [-0.15, -0.1) is 0 Å². The minimum Gasteiger partial charge on any atom is -0.382 e. The average molecular weight is 205 g/mol. The van der Waals surface area contributed by atoms with E-state index < -0.39 is 0 Å². The maximum atomic E-state index is 5.42. The van der Waals surface area contributed by atoms with Crippen molar-refractivity contribution in [2.75, 3.05) is 53.4 Å². The van der Waals surface area contributed by atoms with Gasteiger partial charge in [0.25, 0.3) is 0 Å². The Morgan fingerprint density at radius 1 is 0.857 bits per heavy atom. The van der Waals surface area contributed by atoms with E-state index in [2.05, 4.69) is 18.7 Å². The molecule has 0 aliphatic heterocycles. The highest BCUT2D eigenvalue weighted by Crippen LogP contribution is 1.87. The molecule has 0 aromatic carbocycles. The molecule has 0 bridgehead atoms. The Labute approximate surface area is 87.1 Å². The Morgan fingerprint density at radius 2 is 1.43 bits per heavy atom. The van der Waals surface area contributed by atoms with Crippen LogP contribution in [0.5, 0.6) is 0 Å². The fraction of sp³-hybridized carbons (Fsp3) is 1.00. The van der Waals surface area contributed by atoms with E-state index in [0.29, 0.717) is 33.2 Å². The summed E-state index contributed by atoms with van der Waals surface area (Å²) in [5.41, 5.74) is 0. The molecule has 0 aromatic heterocycles. The van der Waals surface area contributed by atoms with Crippen LogP contribution in [0.1, 0.15) is 13.8 Å². The van der Waals surface area contributed by atoms with Gasteiger partial charge in [0.2, 0.25) is 0 Å². The zero-order chi connectivity index (χ0) is 10.6. The van der Waals surface area contributed by atoms with E-state index in [9.17, 15) is 0 Å². The minimum atomic E-state index is 0.643. The molecule has 14 heavy (non-hydrogen) atoms. The quantitative estimate of drug-likeness (QED) is 0.393. The maximum absolute atomic E-state index is 5.42. The van der Waals surface area contributed by atoms with Gasteiger partial charge in [0.1, 0.15) is 0 Å². The normalized spacial score (nSPS) is 11.1. The summed E-state index contributed by atoms with van der Waals surface area (Å²) in [6.07, 6.45) is 0. The third-order valence-corrected chi connectivity index (χ3v) is 1.97. The van der Waals surface area contributed by atoms with Crippen molar-refractivity contribution in [1.29, 1.82) is 0 Å². The lowest BCUT2D eigenvalue weighted by atomic mass is 10.6. The summed E-state index contributed by atoms with van der Waals surface area (Å²) in [4.78, 5) is 2.22. The zero-order valence-corrected chi connectivity index (χ0v) is 9.62. The number of nitrogens with zero attached hydrogens (tertiary/aromatic N) is 1. The van der Waals surface area contributed by atoms with Gasteiger partial charge >= 0.3 is 0 Å². The fourth-order valence-electron chi connectivity index (χ4n) is 0.962. The van der Waals surface area contributed by atoms with E-state index in [4.69, 9.17) is 14.2 Å². The average Bonchev–Trinajstić information content (AvgIpc) is 2.22. The van der Waals surface area contributed by atoms with Crippen LogP contribution < -0.4 is 0 Å². The first-order valence-electron chi connectivity index (χ1n) is 5.21. The van der Waals surface area contributed by atoms with E-state index >= 15 is 0 Å². The Balaban J connectivity index is 3.04. The zero-order valence-electron chi connectivity index (χ0n) is 9.62. The number of hydrogen-bond donors (Lipinski definition) is 0. The number of methoxy groups -OCH3 is 1. The molecule has 0 heterocycles. The lowest BCUT2D eigenvalue weighted by Gasteiger charge is -2.17. The van der Waals surface area contributed by atoms with Crippen molar-refractivity contribution >= 4 is 0 Å². The lowest BCUT2D eigenvalue weighted by molar-refractivity contribution is -0.0114. The summed E-state index contributed by atoms with van der Waals surface area (Å²) >= 11 is 0. The van der Waals surface area contributed by atoms with Crippen LogP contribution in [0.3, 0.4) is 0 Å². The van der Waals surface area contributed by atoms with Gasteiger partial charge in [0, 0.05) is 7.11 Å². The van der Waals surface area contributed by atoms with Gasteiger partial charge in [-0.25, -0.2) is 0 Å². The summed E-state index contributed by atoms with van der Waals surface area (Å²) in [6, 6.07) is 0. The van der Waals surface area contributed by atoms with Crippen molar-refractivity contribution in [1.82, 2.24) is 4.90 Å². The van der Waals surface area contributed by atoms with Crippen LogP contribution >= 0.6 is 0 Å². The second-order valence-corrected chi connectivity index (χ2v) is 2.95. The number of rotatable bonds is 10. The van der Waals surface area contributed by atoms with Gasteiger partial charge in [-0.3, -0.25) is 4.90 Å². The third-order valence-electron chi connectivity index (χ3n) is 1.97. The maximum Gasteiger partial charge on any atom is 0.0991 e. The summed E-state index contributed by atoms with van der Waals surface area (Å²) in [5, 5.41) is 0. The van der Waals surface area contributed by atoms with Crippen molar-refractivity contribution in [3.63, 3.8) is 0 Å². The number of hydrogen-bond acceptors (Lipinski definition) is 4. The van der Waals surface area contributed by atoms with Gasteiger partial charge in [-0.1, -0.05) is 13.8 Å². The van der Waals surface area contributed by atoms with Gasteiger partial charge in [0.15, 0.2) is 0 Å². The summed E-state index contributed by atoms with van der Waals surface area (Å²) in [5.74, 6) is 0. The molecule has 0 saturated heterocycles. The van der Waals surface area contributed by atoms with Crippen LogP contribution in [0, 0.1) is 0 Å². The Morgan fingerprint density at radius 3 is 2.00 bits per heavy atom. The fourth-order valence-corrected chi connectivity index (χ4v) is 0.962. The molecular formula is C10H23NO3. The van der Waals surface area contributed by atoms with Crippen LogP contribution in [0.2, 0.25) is 0 Å². The molecule has 4 nitrogen and oxygen atoms in total. The molecule has 0 fully saturated rings. The molecule has 0 unspecified atom stereocenters. The van der Waals surface area contributed by atoms with Crippen molar-refractivity contribution < 1.29 is 14.2 Å². The molecule has 0 radical (unpaired) electrons. The Hall–Kier alpha value is -0.160. The minimum absolute atomic E-state index is 0.643. The molecule has 0 aromatic rings. The summed E-state index contributed by atoms with van der Waals surface area (Å²) < 4.78 is 15.5. The third kappa shape index (κ3) is 8.44. The van der Waals surface area contributed by atoms with Gasteiger partial charge in [0.05, 0.1) is 33.2 Å². The van der Waals surface area contributed by atoms with E-state index in [1.54, 1.807) is 7.11 Å². The smallest absolute Gasteiger partial charge is 0.0991 e. The Kier molecular flexibility index (Phi) is 10.8. The monoisotopic (exact) mass is 205 g/mol. The van der Waals surface area contributed by atoms with Crippen LogP contribution in [-0.2, 0) is 14.2 Å². The molecule has 0 atom stereocenters. The van der Waals surface area contributed by atoms with E-state index in [1.807, 2.05) is 0 Å². The number of ether oxygens (including phenoxy) is 3. The first-order valence-corrected chi connectivity index (χ1v) is 5.21. The molecule has 0 spiro atoms. The molecule has 0 aliphatic carbocycles. The van der Waals surface area contributed by atoms with Crippen molar-refractivity contribution in [3.05, 3.63) is 0 Å². The summed E-state index contributed by atoms with van der Waals surface area (Å²) in [7, 11) is 1.67. The molecule has 0 rings (SSSR count). The van der Waals surface area contributed by atoms with Gasteiger partial charge in [-0.05, 0) is 13.1 Å². The second-order valence-electron chi connectivity index (χ2n) is 2.95. The Bertz CT molecular complexity index is 108. The second kappa shape index (κ2) is 10.9. The molecule has 86 valence electrons. The van der Waals surface area contributed by atoms with Crippen molar-refractivity contribution in [2.24, 2.45) is 0 Å². The van der Waals surface area contributed by atoms with Crippen molar-refractivity contribution in [3.8, 4) is 0 Å². The van der Waals surface area contributed by atoms with Crippen LogP contribution in [0.15, 0.2) is 0 Å². The highest BCUT2D eigenvalue weighted by Gasteiger charge is 1.97. The van der Waals surface area contributed by atoms with Crippen LogP contribution in [-0.4, -0.2) is 58.3 Å². The molecule has 0 saturated carbocycles. The predicted molar refractivity (Wildman–Crippen MR) is 56.4 cm³/mol. The largest absolute Gasteiger partial charge is 0.382 e. The molecule has 0 N–H and O–H groups in total. The standard InChI is InChI=1S/C10H23NO3/c1-4-11(5-2)10-14-9-8-13-7-6-12-3/h4-10H2,1-3H3. The van der Waals surface area contributed by atoms with Crippen LogP contribution in [0.25, 0.3) is 0 Å². The molecular weight excluding hydrogens is 182 g/mol. The van der Waals surface area contributed by atoms with E-state index in [1.165, 1.54) is 0 Å². The van der Waals surface area contributed by atoms with Crippen molar-refractivity contribution in [2.45, 2.75) is 13.8 Å². The van der Waals surface area contributed by atoms with Gasteiger partial charge in [-0.2, -0.15) is 0 Å². The van der Waals surface area contributed by atoms with Crippen LogP contribution in [0.4, 0.5) is 0 Å². The predicted octanol–water partition coefficient (Wildman–Crippen LogP) is 0.965. The molecule has 0 aliphatic rings. The SMILES string of the molecule is CCN(CC)COCCOCCOC. The highest BCUT2D eigenvalue weighted by atomic mass is 16.5. The lowest BCUT2D eigenvalue weighted by Crippen LogP contribution is -2.26. The first-order chi connectivity index (χ1) is 6.85. The molecule has 4 heteroatoms. The summed E-state index contributed by atoms with van der Waals surface area (Å²) in [6.45, 7) is 9.60. The molecule has 0 amide bonds. The van der Waals surface area contributed by atoms with E-state index in [-0.39, 0.29) is 0 Å². The van der Waals surface area contributed by atoms with Gasteiger partial charge < -0.3 is 14.2 Å². The topological polar surface area (TPSA) is 30.9 Å². The highest BCUT2D eigenvalue weighted by molar-refractivity contribution is 4.43. The first kappa shape index (κ1) is 13.8.